The summed E-state index contributed by atoms with van der Waals surface area (Å²) in [6.45, 7) is 7.59. The van der Waals surface area contributed by atoms with Gasteiger partial charge in [-0.3, -0.25) is 4.99 Å². The van der Waals surface area contributed by atoms with E-state index in [9.17, 15) is 5.26 Å². The Balaban J connectivity index is 1.62. The van der Waals surface area contributed by atoms with Gasteiger partial charge in [0.1, 0.15) is 0 Å². The van der Waals surface area contributed by atoms with Gasteiger partial charge in [0.2, 0.25) is 0 Å². The van der Waals surface area contributed by atoms with Gasteiger partial charge >= 0.3 is 0 Å². The molecule has 1 aliphatic heterocycles. The third kappa shape index (κ3) is 7.08. The molecule has 4 rings (SSSR count). The molecule has 3 atom stereocenters. The summed E-state index contributed by atoms with van der Waals surface area (Å²) < 4.78 is 0. The van der Waals surface area contributed by atoms with Crippen molar-refractivity contribution in [2.75, 3.05) is 6.54 Å². The number of nitrogens with zero attached hydrogens (tertiary/aromatic N) is 2. The van der Waals surface area contributed by atoms with Crippen molar-refractivity contribution in [3.05, 3.63) is 82.6 Å². The summed E-state index contributed by atoms with van der Waals surface area (Å²) >= 11 is 0. The molecule has 1 aliphatic carbocycles. The van der Waals surface area contributed by atoms with E-state index in [0.717, 1.165) is 31.2 Å². The molecule has 0 radical (unpaired) electrons. The highest BCUT2D eigenvalue weighted by molar-refractivity contribution is 5.85. The minimum Gasteiger partial charge on any atom is -0.330 e. The van der Waals surface area contributed by atoms with Gasteiger partial charge in [0.15, 0.2) is 0 Å². The molecule has 1 heterocycles. The topological polar surface area (TPSA) is 62.2 Å². The standard InChI is InChI=1S/C34H43N3/c1-24-9-10-28(22-34(37-26(24)3)32-8-6-4-5-7-25(32)2)13-17-31-21-29(23-36)14-18-33(31)30-15-11-27(12-16-30)19-20-35/h10-12,14-16,18,21-22,24-25,32H,4-9,13,17,19-20,35H2,1-3H3/b28-10+,34-22-,37-26?. The molecular weight excluding hydrogens is 450 g/mol. The van der Waals surface area contributed by atoms with Crippen LogP contribution in [0.25, 0.3) is 11.1 Å². The van der Waals surface area contributed by atoms with E-state index in [-0.39, 0.29) is 0 Å². The second kappa shape index (κ2) is 13.0. The van der Waals surface area contributed by atoms with Gasteiger partial charge in [0.05, 0.1) is 11.6 Å². The van der Waals surface area contributed by atoms with Gasteiger partial charge < -0.3 is 5.73 Å². The van der Waals surface area contributed by atoms with Crippen LogP contribution in [0.15, 0.2) is 70.9 Å². The second-order valence-electron chi connectivity index (χ2n) is 11.2. The largest absolute Gasteiger partial charge is 0.330 e. The van der Waals surface area contributed by atoms with Crippen LogP contribution in [0.4, 0.5) is 0 Å². The molecule has 3 heteroatoms. The molecule has 2 aromatic carbocycles. The molecule has 194 valence electrons. The van der Waals surface area contributed by atoms with Crippen LogP contribution in [-0.2, 0) is 12.8 Å². The highest BCUT2D eigenvalue weighted by Crippen LogP contribution is 2.36. The van der Waals surface area contributed by atoms with Crippen molar-refractivity contribution in [2.24, 2.45) is 28.5 Å². The van der Waals surface area contributed by atoms with Crippen LogP contribution in [0.5, 0.6) is 0 Å². The number of benzene rings is 2. The summed E-state index contributed by atoms with van der Waals surface area (Å²) in [7, 11) is 0. The van der Waals surface area contributed by atoms with E-state index in [1.807, 2.05) is 6.07 Å². The predicted octanol–water partition coefficient (Wildman–Crippen LogP) is 8.19. The van der Waals surface area contributed by atoms with Crippen molar-refractivity contribution in [3.63, 3.8) is 0 Å². The molecule has 2 N–H and O–H groups in total. The summed E-state index contributed by atoms with van der Waals surface area (Å²) in [4.78, 5) is 5.24. The Morgan fingerprint density at radius 3 is 2.51 bits per heavy atom. The van der Waals surface area contributed by atoms with E-state index in [1.54, 1.807) is 0 Å². The van der Waals surface area contributed by atoms with Gasteiger partial charge in [-0.25, -0.2) is 0 Å². The first-order valence-electron chi connectivity index (χ1n) is 14.3. The van der Waals surface area contributed by atoms with E-state index >= 15 is 0 Å². The average molecular weight is 494 g/mol. The van der Waals surface area contributed by atoms with Crippen LogP contribution < -0.4 is 5.73 Å². The zero-order chi connectivity index (χ0) is 26.2. The van der Waals surface area contributed by atoms with Crippen molar-refractivity contribution in [3.8, 4) is 17.2 Å². The zero-order valence-electron chi connectivity index (χ0n) is 23.0. The molecule has 3 unspecified atom stereocenters. The average Bonchev–Trinajstić information content (AvgIpc) is 3.13. The fourth-order valence-electron chi connectivity index (χ4n) is 5.84. The number of rotatable bonds is 7. The lowest BCUT2D eigenvalue weighted by Gasteiger charge is -2.25. The van der Waals surface area contributed by atoms with Crippen LogP contribution in [0, 0.1) is 29.1 Å². The molecule has 3 nitrogen and oxygen atoms in total. The molecule has 0 bridgehead atoms. The van der Waals surface area contributed by atoms with Gasteiger partial charge in [-0.15, -0.1) is 0 Å². The van der Waals surface area contributed by atoms with Gasteiger partial charge in [-0.05, 0) is 103 Å². The number of allylic oxidation sites excluding steroid dienone is 4. The number of nitriles is 1. The third-order valence-electron chi connectivity index (χ3n) is 8.44. The first-order chi connectivity index (χ1) is 18.0. The van der Waals surface area contributed by atoms with Gasteiger partial charge in [-0.1, -0.05) is 75.9 Å². The fourth-order valence-corrected chi connectivity index (χ4v) is 5.84. The Hall–Kier alpha value is -2.96. The molecule has 0 amide bonds. The van der Waals surface area contributed by atoms with Crippen LogP contribution in [0.1, 0.15) is 82.4 Å². The minimum absolute atomic E-state index is 0.462. The lowest BCUT2D eigenvalue weighted by atomic mass is 9.84. The number of aliphatic imine (C=N–C) groups is 1. The third-order valence-corrected chi connectivity index (χ3v) is 8.44. The van der Waals surface area contributed by atoms with E-state index < -0.39 is 0 Å². The molecule has 0 aromatic heterocycles. The Morgan fingerprint density at radius 1 is 0.973 bits per heavy atom. The van der Waals surface area contributed by atoms with Crippen LogP contribution in [0.2, 0.25) is 0 Å². The minimum atomic E-state index is 0.462. The summed E-state index contributed by atoms with van der Waals surface area (Å²) in [5, 5.41) is 9.59. The van der Waals surface area contributed by atoms with E-state index in [2.05, 4.69) is 75.4 Å². The smallest absolute Gasteiger partial charge is 0.0991 e. The fraction of sp³-hybridized carbons (Fsp3) is 0.471. The van der Waals surface area contributed by atoms with Crippen molar-refractivity contribution in [1.82, 2.24) is 0 Å². The Labute approximate surface area is 224 Å². The Kier molecular flexibility index (Phi) is 9.53. The lowest BCUT2D eigenvalue weighted by Crippen LogP contribution is -2.16. The number of hydrogen-bond acceptors (Lipinski definition) is 3. The maximum absolute atomic E-state index is 9.59. The van der Waals surface area contributed by atoms with Crippen LogP contribution >= 0.6 is 0 Å². The van der Waals surface area contributed by atoms with E-state index in [0.29, 0.717) is 24.3 Å². The highest BCUT2D eigenvalue weighted by Gasteiger charge is 2.25. The summed E-state index contributed by atoms with van der Waals surface area (Å²) in [6, 6.07) is 17.2. The highest BCUT2D eigenvalue weighted by atomic mass is 14.8. The first kappa shape index (κ1) is 27.1. The van der Waals surface area contributed by atoms with E-state index in [4.69, 9.17) is 10.7 Å². The van der Waals surface area contributed by atoms with Crippen molar-refractivity contribution in [1.29, 1.82) is 5.26 Å². The molecule has 0 spiro atoms. The normalized spacial score (nSPS) is 25.4. The maximum atomic E-state index is 9.59. The monoisotopic (exact) mass is 493 g/mol. The van der Waals surface area contributed by atoms with Crippen molar-refractivity contribution >= 4 is 5.71 Å². The summed E-state index contributed by atoms with van der Waals surface area (Å²) in [5.74, 6) is 1.70. The Bertz CT molecular complexity index is 1190. The molecule has 1 saturated carbocycles. The molecule has 1 fully saturated rings. The number of hydrogen-bond donors (Lipinski definition) is 1. The van der Waals surface area contributed by atoms with E-state index in [1.165, 1.54) is 71.3 Å². The quantitative estimate of drug-likeness (QED) is 0.395. The van der Waals surface area contributed by atoms with Gasteiger partial charge in [0, 0.05) is 17.3 Å². The van der Waals surface area contributed by atoms with Crippen molar-refractivity contribution in [2.45, 2.75) is 78.6 Å². The van der Waals surface area contributed by atoms with Crippen molar-refractivity contribution < 1.29 is 0 Å². The van der Waals surface area contributed by atoms with Gasteiger partial charge in [0.25, 0.3) is 0 Å². The maximum Gasteiger partial charge on any atom is 0.0991 e. The first-order valence-corrected chi connectivity index (χ1v) is 14.3. The Morgan fingerprint density at radius 2 is 1.76 bits per heavy atom. The molecular formula is C34H43N3. The van der Waals surface area contributed by atoms with Crippen LogP contribution in [0.3, 0.4) is 0 Å². The molecule has 2 aliphatic rings. The SMILES string of the molecule is CC1=N/C(C2CCCCCC2C)=C\C(CCc2cc(C#N)ccc2-c2ccc(CCN)cc2)=C\CC1C. The molecule has 2 aromatic rings. The molecule has 0 saturated heterocycles. The molecule has 37 heavy (non-hydrogen) atoms. The second-order valence-corrected chi connectivity index (χ2v) is 11.2. The predicted molar refractivity (Wildman–Crippen MR) is 156 cm³/mol. The summed E-state index contributed by atoms with van der Waals surface area (Å²) in [5.41, 5.74) is 15.3. The number of nitrogens with two attached hydrogens (primary N) is 1. The zero-order valence-corrected chi connectivity index (χ0v) is 23.0. The summed E-state index contributed by atoms with van der Waals surface area (Å²) in [6.07, 6.45) is 15.2. The van der Waals surface area contributed by atoms with Crippen LogP contribution in [-0.4, -0.2) is 12.3 Å². The number of aryl methyl sites for hydroxylation is 1. The lowest BCUT2D eigenvalue weighted by molar-refractivity contribution is 0.384. The van der Waals surface area contributed by atoms with Gasteiger partial charge in [-0.2, -0.15) is 5.26 Å².